The number of hydrogen-bond acceptors (Lipinski definition) is 3. The number of halogens is 1. The van der Waals surface area contributed by atoms with Crippen LogP contribution in [-0.4, -0.2) is 42.5 Å². The Morgan fingerprint density at radius 1 is 1.41 bits per heavy atom. The number of thiazole rings is 1. The Morgan fingerprint density at radius 3 is 2.82 bits per heavy atom. The van der Waals surface area contributed by atoms with E-state index in [1.165, 1.54) is 48.5 Å². The largest absolute Gasteiger partial charge is 0.356 e. The minimum atomic E-state index is 0. The van der Waals surface area contributed by atoms with Crippen LogP contribution in [0.25, 0.3) is 0 Å². The normalized spacial score (nSPS) is 20.5. The van der Waals surface area contributed by atoms with Gasteiger partial charge in [-0.3, -0.25) is 4.99 Å². The van der Waals surface area contributed by atoms with E-state index in [1.807, 2.05) is 13.2 Å². The van der Waals surface area contributed by atoms with Crippen molar-refractivity contribution >= 4 is 41.3 Å². The van der Waals surface area contributed by atoms with Crippen molar-refractivity contribution in [2.45, 2.75) is 45.4 Å². The van der Waals surface area contributed by atoms with E-state index >= 15 is 0 Å². The second-order valence-corrected chi connectivity index (χ2v) is 7.79. The third-order valence-electron chi connectivity index (χ3n) is 4.90. The van der Waals surface area contributed by atoms with E-state index < -0.39 is 0 Å². The van der Waals surface area contributed by atoms with Crippen LogP contribution in [0.1, 0.15) is 42.0 Å². The Balaban J connectivity index is 0.00000176. The summed E-state index contributed by atoms with van der Waals surface area (Å²) in [6.45, 7) is 5.39. The third kappa shape index (κ3) is 4.13. The first-order valence-electron chi connectivity index (χ1n) is 8.08. The summed E-state index contributed by atoms with van der Waals surface area (Å²) >= 11 is 1.79. The SMILES string of the molecule is CN=C(NCCc1ncc(C)s1)N1CCC2(CCCC2)C1.I. The molecule has 1 aliphatic carbocycles. The van der Waals surface area contributed by atoms with E-state index in [0.29, 0.717) is 5.41 Å². The van der Waals surface area contributed by atoms with Gasteiger partial charge in [0.1, 0.15) is 0 Å². The average Bonchev–Trinajstić information content (AvgIpc) is 3.19. The van der Waals surface area contributed by atoms with Gasteiger partial charge in [0.15, 0.2) is 5.96 Å². The zero-order chi connectivity index (χ0) is 14.7. The summed E-state index contributed by atoms with van der Waals surface area (Å²) in [6.07, 6.45) is 9.96. The Bertz CT molecular complexity index is 508. The number of nitrogens with one attached hydrogen (secondary N) is 1. The molecule has 4 nitrogen and oxygen atoms in total. The van der Waals surface area contributed by atoms with Gasteiger partial charge in [0.05, 0.1) is 5.01 Å². The van der Waals surface area contributed by atoms with Gasteiger partial charge in [-0.25, -0.2) is 4.98 Å². The Labute approximate surface area is 154 Å². The summed E-state index contributed by atoms with van der Waals surface area (Å²) in [6, 6.07) is 0. The first-order valence-corrected chi connectivity index (χ1v) is 8.89. The molecule has 1 N–H and O–H groups in total. The van der Waals surface area contributed by atoms with Crippen molar-refractivity contribution in [1.82, 2.24) is 15.2 Å². The lowest BCUT2D eigenvalue weighted by atomic mass is 9.86. The number of nitrogens with zero attached hydrogens (tertiary/aromatic N) is 3. The molecule has 1 saturated heterocycles. The van der Waals surface area contributed by atoms with Gasteiger partial charge >= 0.3 is 0 Å². The van der Waals surface area contributed by atoms with Crippen molar-refractivity contribution in [3.63, 3.8) is 0 Å². The van der Waals surface area contributed by atoms with Gasteiger partial charge in [0.2, 0.25) is 0 Å². The maximum atomic E-state index is 4.48. The van der Waals surface area contributed by atoms with Crippen LogP contribution in [0.3, 0.4) is 0 Å². The zero-order valence-electron chi connectivity index (χ0n) is 13.6. The average molecular weight is 434 g/mol. The van der Waals surface area contributed by atoms with Crippen LogP contribution in [0.2, 0.25) is 0 Å². The van der Waals surface area contributed by atoms with E-state index in [2.05, 4.69) is 27.1 Å². The van der Waals surface area contributed by atoms with E-state index in [1.54, 1.807) is 11.3 Å². The maximum absolute atomic E-state index is 4.48. The molecule has 0 atom stereocenters. The molecule has 0 unspecified atom stereocenters. The maximum Gasteiger partial charge on any atom is 0.193 e. The minimum absolute atomic E-state index is 0. The van der Waals surface area contributed by atoms with Crippen molar-refractivity contribution in [3.8, 4) is 0 Å². The number of aliphatic imine (C=N–C) groups is 1. The number of guanidine groups is 1. The van der Waals surface area contributed by atoms with Crippen molar-refractivity contribution in [1.29, 1.82) is 0 Å². The van der Waals surface area contributed by atoms with Gasteiger partial charge in [-0.1, -0.05) is 12.8 Å². The second kappa shape index (κ2) is 7.95. The molecule has 1 aliphatic heterocycles. The molecule has 0 aromatic carbocycles. The van der Waals surface area contributed by atoms with Gasteiger partial charge < -0.3 is 10.2 Å². The molecule has 22 heavy (non-hydrogen) atoms. The Kier molecular flexibility index (Phi) is 6.49. The van der Waals surface area contributed by atoms with Gasteiger partial charge in [-0.2, -0.15) is 0 Å². The van der Waals surface area contributed by atoms with Crippen LogP contribution in [-0.2, 0) is 6.42 Å². The highest BCUT2D eigenvalue weighted by Crippen LogP contribution is 2.45. The van der Waals surface area contributed by atoms with E-state index in [9.17, 15) is 0 Å². The summed E-state index contributed by atoms with van der Waals surface area (Å²) in [5.41, 5.74) is 0.601. The van der Waals surface area contributed by atoms with E-state index in [4.69, 9.17) is 0 Å². The fraction of sp³-hybridized carbons (Fsp3) is 0.750. The van der Waals surface area contributed by atoms with Crippen LogP contribution in [0.15, 0.2) is 11.2 Å². The molecule has 2 aliphatic rings. The smallest absolute Gasteiger partial charge is 0.193 e. The topological polar surface area (TPSA) is 40.5 Å². The number of aromatic nitrogens is 1. The highest BCUT2D eigenvalue weighted by molar-refractivity contribution is 14.0. The van der Waals surface area contributed by atoms with Crippen molar-refractivity contribution < 1.29 is 0 Å². The lowest BCUT2D eigenvalue weighted by Crippen LogP contribution is -2.41. The summed E-state index contributed by atoms with van der Waals surface area (Å²) in [5, 5.41) is 4.73. The molecular weight excluding hydrogens is 407 g/mol. The second-order valence-electron chi connectivity index (χ2n) is 6.47. The molecule has 2 heterocycles. The lowest BCUT2D eigenvalue weighted by molar-refractivity contribution is 0.309. The predicted octanol–water partition coefficient (Wildman–Crippen LogP) is 3.45. The van der Waals surface area contributed by atoms with E-state index in [-0.39, 0.29) is 24.0 Å². The molecule has 1 spiro atoms. The summed E-state index contributed by atoms with van der Waals surface area (Å²) < 4.78 is 0. The molecule has 0 bridgehead atoms. The van der Waals surface area contributed by atoms with Crippen LogP contribution >= 0.6 is 35.3 Å². The molecule has 2 fully saturated rings. The number of rotatable bonds is 3. The van der Waals surface area contributed by atoms with Crippen molar-refractivity contribution in [2.75, 3.05) is 26.7 Å². The molecule has 1 aromatic rings. The molecule has 3 rings (SSSR count). The Hall–Kier alpha value is -0.370. The highest BCUT2D eigenvalue weighted by atomic mass is 127. The van der Waals surface area contributed by atoms with Crippen LogP contribution < -0.4 is 5.32 Å². The third-order valence-corrected chi connectivity index (χ3v) is 5.88. The monoisotopic (exact) mass is 434 g/mol. The number of likely N-dealkylation sites (tertiary alicyclic amines) is 1. The molecule has 6 heteroatoms. The van der Waals surface area contributed by atoms with Gasteiger partial charge in [0, 0.05) is 44.2 Å². The molecule has 0 radical (unpaired) electrons. The van der Waals surface area contributed by atoms with Crippen LogP contribution in [0.4, 0.5) is 0 Å². The van der Waals surface area contributed by atoms with Gasteiger partial charge in [-0.15, -0.1) is 35.3 Å². The summed E-state index contributed by atoms with van der Waals surface area (Å²) in [5.74, 6) is 1.08. The molecule has 1 aromatic heterocycles. The van der Waals surface area contributed by atoms with Gasteiger partial charge in [0.25, 0.3) is 0 Å². The molecule has 1 saturated carbocycles. The fourth-order valence-corrected chi connectivity index (χ4v) is 4.57. The zero-order valence-corrected chi connectivity index (χ0v) is 16.7. The summed E-state index contributed by atoms with van der Waals surface area (Å²) in [4.78, 5) is 12.6. The molecule has 124 valence electrons. The standard InChI is InChI=1S/C16H26N4S.HI/c1-13-11-19-14(21-13)5-9-18-15(17-2)20-10-8-16(12-20)6-3-4-7-16;/h11H,3-10,12H2,1-2H3,(H,17,18);1H. The Morgan fingerprint density at radius 2 is 2.18 bits per heavy atom. The first kappa shape index (κ1) is 18.0. The van der Waals surface area contributed by atoms with Crippen LogP contribution in [0.5, 0.6) is 0 Å². The van der Waals surface area contributed by atoms with E-state index in [0.717, 1.165) is 25.5 Å². The lowest BCUT2D eigenvalue weighted by Gasteiger charge is -2.25. The van der Waals surface area contributed by atoms with Crippen LogP contribution in [0, 0.1) is 12.3 Å². The first-order chi connectivity index (χ1) is 10.2. The van der Waals surface area contributed by atoms with Gasteiger partial charge in [-0.05, 0) is 31.6 Å². The number of aryl methyl sites for hydroxylation is 1. The van der Waals surface area contributed by atoms with Crippen molar-refractivity contribution in [2.24, 2.45) is 10.4 Å². The fourth-order valence-electron chi connectivity index (χ4n) is 3.78. The summed E-state index contributed by atoms with van der Waals surface area (Å²) in [7, 11) is 1.90. The highest BCUT2D eigenvalue weighted by Gasteiger charge is 2.40. The molecule has 0 amide bonds. The minimum Gasteiger partial charge on any atom is -0.356 e. The molecular formula is C16H27IN4S. The quantitative estimate of drug-likeness (QED) is 0.450. The number of hydrogen-bond donors (Lipinski definition) is 1. The van der Waals surface area contributed by atoms with Crippen molar-refractivity contribution in [3.05, 3.63) is 16.1 Å². The predicted molar refractivity (Wildman–Crippen MR) is 104 cm³/mol.